The van der Waals surface area contributed by atoms with Crippen LogP contribution in [0.5, 0.6) is 0 Å². The second kappa shape index (κ2) is 12.9. The molecule has 1 N–H and O–H groups in total. The highest BCUT2D eigenvalue weighted by atomic mass is 19.4. The van der Waals surface area contributed by atoms with Gasteiger partial charge in [0.1, 0.15) is 5.69 Å². The average molecular weight is 564 g/mol. The summed E-state index contributed by atoms with van der Waals surface area (Å²) in [5.74, 6) is 5.40. The number of carbonyl (C=O) groups excluding carboxylic acids is 1. The van der Waals surface area contributed by atoms with Crippen molar-refractivity contribution in [1.82, 2.24) is 29.2 Å². The number of likely N-dealkylation sites (N-methyl/N-ethyl adjacent to an activating group) is 1. The number of hydrogen-bond acceptors (Lipinski definition) is 6. The van der Waals surface area contributed by atoms with Gasteiger partial charge in [-0.05, 0) is 43.7 Å². The van der Waals surface area contributed by atoms with Gasteiger partial charge in [-0.2, -0.15) is 13.2 Å². The van der Waals surface area contributed by atoms with Crippen molar-refractivity contribution in [1.29, 1.82) is 0 Å². The van der Waals surface area contributed by atoms with E-state index in [1.807, 2.05) is 37.1 Å². The Morgan fingerprint density at radius 2 is 1.78 bits per heavy atom. The van der Waals surface area contributed by atoms with Gasteiger partial charge < -0.3 is 10.2 Å². The molecule has 4 heterocycles. The number of nitrogens with one attached hydrogen (secondary N) is 1. The molecule has 41 heavy (non-hydrogen) atoms. The number of fused-ring (bicyclic) bond motifs is 1. The molecule has 1 aliphatic heterocycles. The molecule has 1 amide bonds. The minimum Gasteiger partial charge on any atom is -0.322 e. The maximum atomic E-state index is 13.9. The van der Waals surface area contributed by atoms with Crippen molar-refractivity contribution in [3.8, 4) is 11.8 Å². The van der Waals surface area contributed by atoms with Gasteiger partial charge in [-0.25, -0.2) is 4.98 Å². The lowest BCUT2D eigenvalue weighted by atomic mass is 10.0. The Balaban J connectivity index is 0.00000189. The average Bonchev–Trinajstić information content (AvgIpc) is 3.39. The Morgan fingerprint density at radius 3 is 2.51 bits per heavy atom. The molecular formula is C30H32F3N7O. The monoisotopic (exact) mass is 563 g/mol. The van der Waals surface area contributed by atoms with Crippen molar-refractivity contribution >= 4 is 17.2 Å². The second-order valence-corrected chi connectivity index (χ2v) is 9.47. The molecular weight excluding hydrogens is 531 g/mol. The summed E-state index contributed by atoms with van der Waals surface area (Å²) >= 11 is 0. The number of benzene rings is 1. The lowest BCUT2D eigenvalue weighted by Crippen LogP contribution is -2.44. The molecule has 0 unspecified atom stereocenters. The van der Waals surface area contributed by atoms with Crippen LogP contribution in [-0.4, -0.2) is 68.3 Å². The summed E-state index contributed by atoms with van der Waals surface area (Å²) in [6.07, 6.45) is 3.35. The van der Waals surface area contributed by atoms with Crippen molar-refractivity contribution in [2.24, 2.45) is 0 Å². The zero-order chi connectivity index (χ0) is 29.6. The molecule has 3 aromatic heterocycles. The first-order valence-corrected chi connectivity index (χ1v) is 13.4. The molecule has 11 heteroatoms. The summed E-state index contributed by atoms with van der Waals surface area (Å²) in [7, 11) is 1.99. The summed E-state index contributed by atoms with van der Waals surface area (Å²) in [5, 5.41) is 2.57. The van der Waals surface area contributed by atoms with Crippen molar-refractivity contribution in [2.45, 2.75) is 33.5 Å². The minimum absolute atomic E-state index is 0.0562. The van der Waals surface area contributed by atoms with E-state index in [0.717, 1.165) is 24.8 Å². The molecule has 0 spiro atoms. The highest BCUT2D eigenvalue weighted by molar-refractivity contribution is 6.04. The summed E-state index contributed by atoms with van der Waals surface area (Å²) in [4.78, 5) is 29.7. The number of piperazine rings is 1. The van der Waals surface area contributed by atoms with Gasteiger partial charge >= 0.3 is 6.18 Å². The molecule has 214 valence electrons. The van der Waals surface area contributed by atoms with Gasteiger partial charge in [0.2, 0.25) is 0 Å². The number of pyridine rings is 1. The molecule has 0 atom stereocenters. The third-order valence-electron chi connectivity index (χ3n) is 6.60. The first-order chi connectivity index (χ1) is 19.7. The molecule has 1 fully saturated rings. The Labute approximate surface area is 237 Å². The largest absolute Gasteiger partial charge is 0.416 e. The minimum atomic E-state index is -4.55. The number of halogens is 3. The van der Waals surface area contributed by atoms with Gasteiger partial charge in [-0.3, -0.25) is 24.1 Å². The van der Waals surface area contributed by atoms with E-state index < -0.39 is 17.6 Å². The van der Waals surface area contributed by atoms with Gasteiger partial charge in [-0.15, -0.1) is 0 Å². The van der Waals surface area contributed by atoms with E-state index in [9.17, 15) is 18.0 Å². The number of alkyl halides is 3. The zero-order valence-electron chi connectivity index (χ0n) is 23.5. The van der Waals surface area contributed by atoms with Crippen LogP contribution in [-0.2, 0) is 12.7 Å². The summed E-state index contributed by atoms with van der Waals surface area (Å²) in [6, 6.07) is 5.46. The highest BCUT2D eigenvalue weighted by Gasteiger charge is 2.34. The van der Waals surface area contributed by atoms with Crippen LogP contribution in [0.25, 0.3) is 5.65 Å². The first kappa shape index (κ1) is 29.7. The lowest BCUT2D eigenvalue weighted by molar-refractivity contribution is -0.138. The van der Waals surface area contributed by atoms with Gasteiger partial charge in [-0.1, -0.05) is 25.8 Å². The predicted octanol–water partition coefficient (Wildman–Crippen LogP) is 4.88. The number of anilines is 1. The molecule has 0 bridgehead atoms. The van der Waals surface area contributed by atoms with Crippen molar-refractivity contribution in [2.75, 3.05) is 38.5 Å². The molecule has 1 aromatic carbocycles. The van der Waals surface area contributed by atoms with Gasteiger partial charge in [0.05, 0.1) is 23.0 Å². The highest BCUT2D eigenvalue weighted by Crippen LogP contribution is 2.34. The number of rotatable bonds is 4. The molecule has 0 radical (unpaired) electrons. The molecule has 5 rings (SSSR count). The van der Waals surface area contributed by atoms with Crippen molar-refractivity contribution < 1.29 is 18.0 Å². The van der Waals surface area contributed by atoms with Gasteiger partial charge in [0.15, 0.2) is 5.65 Å². The third kappa shape index (κ3) is 7.28. The van der Waals surface area contributed by atoms with Crippen LogP contribution >= 0.6 is 0 Å². The van der Waals surface area contributed by atoms with E-state index >= 15 is 0 Å². The number of aryl methyl sites for hydroxylation is 1. The van der Waals surface area contributed by atoms with E-state index in [2.05, 4.69) is 37.0 Å². The summed E-state index contributed by atoms with van der Waals surface area (Å²) in [6.45, 7) is 9.07. The van der Waals surface area contributed by atoms with Crippen LogP contribution in [0.15, 0.2) is 55.2 Å². The van der Waals surface area contributed by atoms with Gasteiger partial charge in [0, 0.05) is 68.8 Å². The Kier molecular flexibility index (Phi) is 9.37. The van der Waals surface area contributed by atoms with Crippen LogP contribution in [0.2, 0.25) is 0 Å². The Hall–Kier alpha value is -4.27. The summed E-state index contributed by atoms with van der Waals surface area (Å²) < 4.78 is 43.5. The van der Waals surface area contributed by atoms with Gasteiger partial charge in [0.25, 0.3) is 5.91 Å². The lowest BCUT2D eigenvalue weighted by Gasteiger charge is -2.33. The van der Waals surface area contributed by atoms with E-state index in [0.29, 0.717) is 30.0 Å². The fourth-order valence-electron chi connectivity index (χ4n) is 4.42. The maximum absolute atomic E-state index is 13.9. The fraction of sp³-hybridized carbons (Fsp3) is 0.333. The molecule has 8 nitrogen and oxygen atoms in total. The van der Waals surface area contributed by atoms with Crippen molar-refractivity contribution in [3.63, 3.8) is 0 Å². The summed E-state index contributed by atoms with van der Waals surface area (Å²) in [5.41, 5.74) is 2.24. The topological polar surface area (TPSA) is 78.7 Å². The van der Waals surface area contributed by atoms with E-state index in [1.54, 1.807) is 18.6 Å². The third-order valence-corrected chi connectivity index (χ3v) is 6.60. The van der Waals surface area contributed by atoms with E-state index in [4.69, 9.17) is 0 Å². The molecule has 0 aliphatic carbocycles. The van der Waals surface area contributed by atoms with Crippen LogP contribution in [0.1, 0.15) is 52.3 Å². The first-order valence-electron chi connectivity index (χ1n) is 13.4. The fourth-order valence-corrected chi connectivity index (χ4v) is 4.42. The Bertz CT molecular complexity index is 1580. The number of hydrogen-bond donors (Lipinski definition) is 1. The van der Waals surface area contributed by atoms with Crippen LogP contribution in [0, 0.1) is 18.8 Å². The second-order valence-electron chi connectivity index (χ2n) is 9.47. The van der Waals surface area contributed by atoms with E-state index in [-0.39, 0.29) is 23.4 Å². The molecule has 1 saturated heterocycles. The Morgan fingerprint density at radius 1 is 1.02 bits per heavy atom. The van der Waals surface area contributed by atoms with E-state index in [1.165, 1.54) is 30.6 Å². The van der Waals surface area contributed by atoms with Crippen LogP contribution in [0.4, 0.5) is 18.9 Å². The molecule has 1 aliphatic rings. The number of aromatic nitrogens is 4. The standard InChI is InChI=1S/C28H26F3N7O.C2H6/c1-19-26-34-17-24(38(26)8-7-33-19)6-3-20-13-22(16-32-15-20)27(39)35-23-5-4-21(25(14-23)28(29,30)31)18-37-11-9-36(2)10-12-37;1-2/h4-5,7-8,13-17H,9-12,18H2,1-2H3,(H,35,39);1-2H3. The number of carbonyl (C=O) groups is 1. The molecule has 4 aromatic rings. The van der Waals surface area contributed by atoms with Crippen LogP contribution < -0.4 is 5.32 Å². The smallest absolute Gasteiger partial charge is 0.322 e. The van der Waals surface area contributed by atoms with Crippen LogP contribution in [0.3, 0.4) is 0 Å². The number of nitrogens with zero attached hydrogens (tertiary/aromatic N) is 6. The maximum Gasteiger partial charge on any atom is 0.416 e. The zero-order valence-corrected chi connectivity index (χ0v) is 23.5. The van der Waals surface area contributed by atoms with Crippen molar-refractivity contribution in [3.05, 3.63) is 88.9 Å². The normalized spacial score (nSPS) is 14.1. The molecule has 0 saturated carbocycles. The SMILES string of the molecule is CC.Cc1nccn2c(C#Cc3cncc(C(=O)Nc4ccc(CN5CCN(C)CC5)c(C(F)(F)F)c4)c3)cnc12. The predicted molar refractivity (Wildman–Crippen MR) is 151 cm³/mol. The quantitative estimate of drug-likeness (QED) is 0.357. The number of imidazole rings is 1. The number of amides is 1.